The van der Waals surface area contributed by atoms with E-state index in [0.29, 0.717) is 5.02 Å². The Morgan fingerprint density at radius 2 is 2.10 bits per heavy atom. The fourth-order valence-electron chi connectivity index (χ4n) is 2.78. The van der Waals surface area contributed by atoms with Crippen molar-refractivity contribution in [3.8, 4) is 0 Å². The molecule has 0 spiro atoms. The van der Waals surface area contributed by atoms with Crippen LogP contribution in [0.4, 0.5) is 0 Å². The molecule has 0 saturated heterocycles. The van der Waals surface area contributed by atoms with Crippen LogP contribution >= 0.6 is 27.5 Å². The third kappa shape index (κ3) is 3.32. The summed E-state index contributed by atoms with van der Waals surface area (Å²) in [6.07, 6.45) is 1.80. The average Bonchev–Trinajstić information content (AvgIpc) is 2.50. The third-order valence-electron chi connectivity index (χ3n) is 3.93. The minimum Gasteiger partial charge on any atom is -0.373 e. The van der Waals surface area contributed by atoms with Gasteiger partial charge in [-0.25, -0.2) is 0 Å². The number of hydrogen-bond acceptors (Lipinski definition) is 2. The van der Waals surface area contributed by atoms with Gasteiger partial charge in [0.15, 0.2) is 0 Å². The molecule has 4 heteroatoms. The maximum absolute atomic E-state index is 6.35. The lowest BCUT2D eigenvalue weighted by Crippen LogP contribution is -2.21. The third-order valence-corrected chi connectivity index (χ3v) is 5.16. The first kappa shape index (κ1) is 15.0. The molecule has 2 N–H and O–H groups in total. The van der Waals surface area contributed by atoms with Crippen LogP contribution in [0, 0.1) is 0 Å². The molecular weight excluding hydrogens is 350 g/mol. The standard InChI is InChI=1S/C17H17BrClNO/c18-14-6-5-12(9-15(14)19)16(20)10-17-13-4-2-1-3-11(13)7-8-21-17/h1-6,9,16-17H,7-8,10,20H2. The van der Waals surface area contributed by atoms with E-state index in [0.717, 1.165) is 29.5 Å². The lowest BCUT2D eigenvalue weighted by Gasteiger charge is -2.28. The molecule has 1 aliphatic rings. The van der Waals surface area contributed by atoms with Crippen molar-refractivity contribution in [1.82, 2.24) is 0 Å². The molecule has 0 radical (unpaired) electrons. The van der Waals surface area contributed by atoms with Crippen molar-refractivity contribution in [1.29, 1.82) is 0 Å². The first-order chi connectivity index (χ1) is 10.1. The molecule has 1 heterocycles. The van der Waals surface area contributed by atoms with E-state index in [9.17, 15) is 0 Å². The van der Waals surface area contributed by atoms with Gasteiger partial charge in [0.25, 0.3) is 0 Å². The van der Waals surface area contributed by atoms with Gasteiger partial charge in [0.1, 0.15) is 0 Å². The van der Waals surface area contributed by atoms with E-state index in [1.807, 2.05) is 18.2 Å². The SMILES string of the molecule is NC(CC1OCCc2ccccc21)c1ccc(Br)c(Cl)c1. The van der Waals surface area contributed by atoms with E-state index in [4.69, 9.17) is 22.1 Å². The predicted molar refractivity (Wildman–Crippen MR) is 89.5 cm³/mol. The Balaban J connectivity index is 1.79. The number of halogens is 2. The topological polar surface area (TPSA) is 35.2 Å². The van der Waals surface area contributed by atoms with Crippen LogP contribution < -0.4 is 5.73 Å². The van der Waals surface area contributed by atoms with Crippen LogP contribution in [0.25, 0.3) is 0 Å². The summed E-state index contributed by atoms with van der Waals surface area (Å²) >= 11 is 9.55. The van der Waals surface area contributed by atoms with Crippen LogP contribution in [0.3, 0.4) is 0 Å². The lowest BCUT2D eigenvalue weighted by atomic mass is 9.92. The van der Waals surface area contributed by atoms with Crippen LogP contribution in [0.5, 0.6) is 0 Å². The highest BCUT2D eigenvalue weighted by Crippen LogP contribution is 2.34. The van der Waals surface area contributed by atoms with Crippen LogP contribution in [-0.4, -0.2) is 6.61 Å². The van der Waals surface area contributed by atoms with Crippen molar-refractivity contribution in [2.24, 2.45) is 5.73 Å². The number of fused-ring (bicyclic) bond motifs is 1. The largest absolute Gasteiger partial charge is 0.373 e. The molecule has 0 aromatic heterocycles. The van der Waals surface area contributed by atoms with Crippen molar-refractivity contribution in [3.05, 3.63) is 68.7 Å². The summed E-state index contributed by atoms with van der Waals surface area (Å²) in [6.45, 7) is 0.759. The van der Waals surface area contributed by atoms with E-state index in [2.05, 4.69) is 40.2 Å². The molecule has 0 saturated carbocycles. The van der Waals surface area contributed by atoms with Gasteiger partial charge in [-0.3, -0.25) is 0 Å². The molecule has 0 bridgehead atoms. The molecule has 0 fully saturated rings. The van der Waals surface area contributed by atoms with E-state index >= 15 is 0 Å². The zero-order chi connectivity index (χ0) is 14.8. The Bertz CT molecular complexity index is 646. The Morgan fingerprint density at radius 3 is 2.90 bits per heavy atom. The van der Waals surface area contributed by atoms with Gasteiger partial charge in [-0.05, 0) is 57.6 Å². The fraction of sp³-hybridized carbons (Fsp3) is 0.294. The lowest BCUT2D eigenvalue weighted by molar-refractivity contribution is 0.0320. The van der Waals surface area contributed by atoms with Crippen LogP contribution in [0.15, 0.2) is 46.9 Å². The summed E-state index contributed by atoms with van der Waals surface area (Å²) in [7, 11) is 0. The summed E-state index contributed by atoms with van der Waals surface area (Å²) < 4.78 is 6.82. The van der Waals surface area contributed by atoms with Crippen molar-refractivity contribution in [2.45, 2.75) is 25.0 Å². The first-order valence-corrected chi connectivity index (χ1v) is 8.22. The van der Waals surface area contributed by atoms with Gasteiger partial charge in [-0.15, -0.1) is 0 Å². The number of rotatable bonds is 3. The molecule has 2 atom stereocenters. The predicted octanol–water partition coefficient (Wildman–Crippen LogP) is 4.81. The van der Waals surface area contributed by atoms with Crippen molar-refractivity contribution >= 4 is 27.5 Å². The zero-order valence-electron chi connectivity index (χ0n) is 11.6. The second kappa shape index (κ2) is 6.49. The quantitative estimate of drug-likeness (QED) is 0.846. The van der Waals surface area contributed by atoms with Gasteiger partial charge in [-0.1, -0.05) is 41.9 Å². The molecular formula is C17H17BrClNO. The highest BCUT2D eigenvalue weighted by molar-refractivity contribution is 9.10. The van der Waals surface area contributed by atoms with Crippen LogP contribution in [-0.2, 0) is 11.2 Å². The van der Waals surface area contributed by atoms with Crippen molar-refractivity contribution in [2.75, 3.05) is 6.61 Å². The summed E-state index contributed by atoms with van der Waals surface area (Å²) in [5.74, 6) is 0. The second-order valence-corrected chi connectivity index (χ2v) is 6.59. The Labute approximate surface area is 138 Å². The minimum atomic E-state index is -0.0910. The van der Waals surface area contributed by atoms with Crippen LogP contribution in [0.1, 0.15) is 35.3 Å². The monoisotopic (exact) mass is 365 g/mol. The maximum Gasteiger partial charge on any atom is 0.0845 e. The normalized spacial score (nSPS) is 19.1. The fourth-order valence-corrected chi connectivity index (χ4v) is 3.22. The summed E-state index contributed by atoms with van der Waals surface area (Å²) in [5.41, 5.74) is 10.0. The smallest absolute Gasteiger partial charge is 0.0845 e. The Morgan fingerprint density at radius 1 is 1.29 bits per heavy atom. The molecule has 3 rings (SSSR count). The van der Waals surface area contributed by atoms with Crippen LogP contribution in [0.2, 0.25) is 5.02 Å². The van der Waals surface area contributed by atoms with Gasteiger partial charge in [-0.2, -0.15) is 0 Å². The van der Waals surface area contributed by atoms with Gasteiger partial charge in [0.05, 0.1) is 17.7 Å². The van der Waals surface area contributed by atoms with Gasteiger partial charge in [0.2, 0.25) is 0 Å². The van der Waals surface area contributed by atoms with E-state index < -0.39 is 0 Å². The maximum atomic E-state index is 6.35. The second-order valence-electron chi connectivity index (χ2n) is 5.32. The van der Waals surface area contributed by atoms with Crippen molar-refractivity contribution in [3.63, 3.8) is 0 Å². The van der Waals surface area contributed by atoms with E-state index in [1.54, 1.807) is 0 Å². The van der Waals surface area contributed by atoms with Crippen molar-refractivity contribution < 1.29 is 4.74 Å². The number of hydrogen-bond donors (Lipinski definition) is 1. The summed E-state index contributed by atoms with van der Waals surface area (Å²) in [4.78, 5) is 0. The van der Waals surface area contributed by atoms with Gasteiger partial charge in [0, 0.05) is 10.5 Å². The molecule has 2 nitrogen and oxygen atoms in total. The zero-order valence-corrected chi connectivity index (χ0v) is 13.9. The van der Waals surface area contributed by atoms with Gasteiger partial charge >= 0.3 is 0 Å². The molecule has 0 amide bonds. The first-order valence-electron chi connectivity index (χ1n) is 7.05. The molecule has 1 aliphatic heterocycles. The highest BCUT2D eigenvalue weighted by Gasteiger charge is 2.23. The summed E-state index contributed by atoms with van der Waals surface area (Å²) in [6, 6.07) is 14.2. The van der Waals surface area contributed by atoms with Gasteiger partial charge < -0.3 is 10.5 Å². The van der Waals surface area contributed by atoms with E-state index in [1.165, 1.54) is 11.1 Å². The Hall–Kier alpha value is -0.870. The molecule has 2 unspecified atom stereocenters. The number of benzene rings is 2. The summed E-state index contributed by atoms with van der Waals surface area (Å²) in [5, 5.41) is 0.688. The minimum absolute atomic E-state index is 0.0624. The number of nitrogens with two attached hydrogens (primary N) is 1. The molecule has 0 aliphatic carbocycles. The molecule has 2 aromatic rings. The average molecular weight is 367 g/mol. The number of ether oxygens (including phenoxy) is 1. The molecule has 110 valence electrons. The molecule has 21 heavy (non-hydrogen) atoms. The molecule has 2 aromatic carbocycles. The Kier molecular flexibility index (Phi) is 4.65. The van der Waals surface area contributed by atoms with E-state index in [-0.39, 0.29) is 12.1 Å². The highest BCUT2D eigenvalue weighted by atomic mass is 79.9.